The molecule has 3 heterocycles. The number of hydrogen-bond acceptors (Lipinski definition) is 4. The van der Waals surface area contributed by atoms with Gasteiger partial charge in [-0.2, -0.15) is 0 Å². The summed E-state index contributed by atoms with van der Waals surface area (Å²) < 4.78 is 19.8. The van der Waals surface area contributed by atoms with Crippen LogP contribution in [-0.2, 0) is 0 Å². The molecular weight excluding hydrogens is 639 g/mol. The van der Waals surface area contributed by atoms with Crippen molar-refractivity contribution in [3.8, 4) is 22.3 Å². The normalized spacial score (nSPS) is 11.8. The Bertz CT molecular complexity index is 3090. The van der Waals surface area contributed by atoms with Gasteiger partial charge in [-0.25, -0.2) is 0 Å². The minimum Gasteiger partial charge on any atom is -0.456 e. The molecular formula is C48H29NO3. The Morgan fingerprint density at radius 2 is 0.865 bits per heavy atom. The molecule has 52 heavy (non-hydrogen) atoms. The van der Waals surface area contributed by atoms with Crippen molar-refractivity contribution in [2.45, 2.75) is 0 Å². The molecule has 0 unspecified atom stereocenters. The molecule has 0 spiro atoms. The predicted molar refractivity (Wildman–Crippen MR) is 214 cm³/mol. The van der Waals surface area contributed by atoms with Gasteiger partial charge in [-0.1, -0.05) is 109 Å². The molecule has 11 aromatic rings. The van der Waals surface area contributed by atoms with Crippen LogP contribution in [0.4, 0.5) is 17.1 Å². The third-order valence-corrected chi connectivity index (χ3v) is 10.3. The fourth-order valence-corrected chi connectivity index (χ4v) is 7.93. The van der Waals surface area contributed by atoms with Gasteiger partial charge in [-0.3, -0.25) is 0 Å². The summed E-state index contributed by atoms with van der Waals surface area (Å²) in [5.41, 5.74) is 12.5. The molecule has 0 aliphatic carbocycles. The van der Waals surface area contributed by atoms with Gasteiger partial charge in [0.25, 0.3) is 0 Å². The molecule has 0 saturated carbocycles. The Kier molecular flexibility index (Phi) is 6.22. The summed E-state index contributed by atoms with van der Waals surface area (Å²) in [5.74, 6) is 0. The topological polar surface area (TPSA) is 42.7 Å². The van der Waals surface area contributed by atoms with Crippen LogP contribution >= 0.6 is 0 Å². The van der Waals surface area contributed by atoms with E-state index in [1.807, 2.05) is 30.3 Å². The summed E-state index contributed by atoms with van der Waals surface area (Å²) in [7, 11) is 0. The van der Waals surface area contributed by atoms with Crippen LogP contribution < -0.4 is 4.90 Å². The van der Waals surface area contributed by atoms with Crippen LogP contribution in [0.25, 0.3) is 88.1 Å². The van der Waals surface area contributed by atoms with Crippen molar-refractivity contribution in [3.63, 3.8) is 0 Å². The summed E-state index contributed by atoms with van der Waals surface area (Å²) in [5, 5.41) is 6.51. The highest BCUT2D eigenvalue weighted by molar-refractivity contribution is 6.19. The third-order valence-electron chi connectivity index (χ3n) is 10.3. The van der Waals surface area contributed by atoms with Crippen LogP contribution in [-0.4, -0.2) is 0 Å². The van der Waals surface area contributed by atoms with E-state index in [0.29, 0.717) is 0 Å². The largest absolute Gasteiger partial charge is 0.456 e. The second kappa shape index (κ2) is 11.2. The summed E-state index contributed by atoms with van der Waals surface area (Å²) in [6.45, 7) is 0. The van der Waals surface area contributed by atoms with Gasteiger partial charge in [0.05, 0.1) is 0 Å². The van der Waals surface area contributed by atoms with E-state index in [0.717, 1.165) is 105 Å². The van der Waals surface area contributed by atoms with Crippen molar-refractivity contribution in [2.75, 3.05) is 4.90 Å². The Morgan fingerprint density at radius 1 is 0.308 bits per heavy atom. The molecule has 0 N–H and O–H groups in total. The molecule has 4 nitrogen and oxygen atoms in total. The second-order valence-electron chi connectivity index (χ2n) is 13.2. The molecule has 0 radical (unpaired) electrons. The molecule has 0 amide bonds. The number of fused-ring (bicyclic) bond motifs is 9. The Hall–Kier alpha value is -7.04. The van der Waals surface area contributed by atoms with E-state index in [4.69, 9.17) is 13.3 Å². The van der Waals surface area contributed by atoms with E-state index in [1.54, 1.807) is 0 Å². The predicted octanol–water partition coefficient (Wildman–Crippen LogP) is 14.2. The zero-order valence-electron chi connectivity index (χ0n) is 27.9. The van der Waals surface area contributed by atoms with Gasteiger partial charge in [0.1, 0.15) is 33.5 Å². The van der Waals surface area contributed by atoms with E-state index in [9.17, 15) is 0 Å². The molecule has 0 saturated heterocycles. The number of para-hydroxylation sites is 5. The molecule has 0 aliphatic rings. The van der Waals surface area contributed by atoms with Gasteiger partial charge in [-0.15, -0.1) is 0 Å². The molecule has 8 aromatic carbocycles. The van der Waals surface area contributed by atoms with Crippen LogP contribution in [0, 0.1) is 0 Å². The summed E-state index contributed by atoms with van der Waals surface area (Å²) in [4.78, 5) is 2.26. The molecule has 0 atom stereocenters. The zero-order chi connectivity index (χ0) is 34.2. The first kappa shape index (κ1) is 28.8. The number of furan rings is 3. The van der Waals surface area contributed by atoms with Crippen LogP contribution in [0.3, 0.4) is 0 Å². The van der Waals surface area contributed by atoms with Crippen LogP contribution in [0.1, 0.15) is 0 Å². The number of benzene rings is 8. The quantitative estimate of drug-likeness (QED) is 0.183. The van der Waals surface area contributed by atoms with E-state index in [-0.39, 0.29) is 0 Å². The standard InChI is InChI=1S/C48H29NO3/c1-3-12-31(13-4-1)49(32-14-5-2-6-15-32)33-25-27-37-39-19-10-20-40(48(39)52-45(37)29-33)38-18-11-23-43-46(38)41-21-9-17-34(47(41)51-43)30-24-26-36-35-16-7-8-22-42(35)50-44(36)28-30/h1-29H. The molecule has 4 heteroatoms. The Morgan fingerprint density at radius 3 is 1.69 bits per heavy atom. The highest BCUT2D eigenvalue weighted by atomic mass is 16.3. The van der Waals surface area contributed by atoms with Gasteiger partial charge < -0.3 is 18.2 Å². The molecule has 0 bridgehead atoms. The van der Waals surface area contributed by atoms with E-state index >= 15 is 0 Å². The first-order chi connectivity index (χ1) is 25.8. The number of nitrogens with zero attached hydrogens (tertiary/aromatic N) is 1. The maximum atomic E-state index is 6.83. The van der Waals surface area contributed by atoms with Crippen LogP contribution in [0.2, 0.25) is 0 Å². The fraction of sp³-hybridized carbons (Fsp3) is 0. The highest BCUT2D eigenvalue weighted by Crippen LogP contribution is 2.45. The molecule has 3 aromatic heterocycles. The summed E-state index contributed by atoms with van der Waals surface area (Å²) in [6.07, 6.45) is 0. The highest BCUT2D eigenvalue weighted by Gasteiger charge is 2.21. The third kappa shape index (κ3) is 4.34. The number of anilines is 3. The van der Waals surface area contributed by atoms with Gasteiger partial charge in [-0.05, 0) is 71.8 Å². The maximum Gasteiger partial charge on any atom is 0.143 e. The Labute approximate surface area is 298 Å². The van der Waals surface area contributed by atoms with Gasteiger partial charge in [0.15, 0.2) is 0 Å². The van der Waals surface area contributed by atoms with Crippen LogP contribution in [0.15, 0.2) is 189 Å². The van der Waals surface area contributed by atoms with E-state index in [2.05, 4.69) is 150 Å². The van der Waals surface area contributed by atoms with E-state index in [1.165, 1.54) is 0 Å². The zero-order valence-corrected chi connectivity index (χ0v) is 27.9. The maximum absolute atomic E-state index is 6.83. The average Bonchev–Trinajstić information content (AvgIpc) is 3.89. The van der Waals surface area contributed by atoms with Crippen molar-refractivity contribution in [1.29, 1.82) is 0 Å². The number of rotatable bonds is 5. The van der Waals surface area contributed by atoms with Crippen molar-refractivity contribution in [1.82, 2.24) is 0 Å². The minimum absolute atomic E-state index is 0.835. The second-order valence-corrected chi connectivity index (χ2v) is 13.2. The van der Waals surface area contributed by atoms with Crippen LogP contribution in [0.5, 0.6) is 0 Å². The van der Waals surface area contributed by atoms with Gasteiger partial charge in [0, 0.05) is 66.6 Å². The lowest BCUT2D eigenvalue weighted by molar-refractivity contribution is 0.668. The molecule has 244 valence electrons. The van der Waals surface area contributed by atoms with Crippen molar-refractivity contribution < 1.29 is 13.3 Å². The molecule has 11 rings (SSSR count). The SMILES string of the molecule is c1ccc(N(c2ccccc2)c2ccc3c(c2)oc2c(-c4cccc5oc6c(-c7ccc8c(c7)oc7ccccc78)cccc6c45)cccc23)cc1. The first-order valence-electron chi connectivity index (χ1n) is 17.5. The first-order valence-corrected chi connectivity index (χ1v) is 17.5. The lowest BCUT2D eigenvalue weighted by Gasteiger charge is -2.25. The smallest absolute Gasteiger partial charge is 0.143 e. The lowest BCUT2D eigenvalue weighted by Crippen LogP contribution is -2.09. The van der Waals surface area contributed by atoms with Crippen molar-refractivity contribution in [3.05, 3.63) is 176 Å². The summed E-state index contributed by atoms with van der Waals surface area (Å²) >= 11 is 0. The van der Waals surface area contributed by atoms with Crippen molar-refractivity contribution >= 4 is 82.9 Å². The summed E-state index contributed by atoms with van der Waals surface area (Å²) in [6, 6.07) is 61.1. The van der Waals surface area contributed by atoms with Crippen molar-refractivity contribution in [2.24, 2.45) is 0 Å². The monoisotopic (exact) mass is 667 g/mol. The number of hydrogen-bond donors (Lipinski definition) is 0. The van der Waals surface area contributed by atoms with Gasteiger partial charge >= 0.3 is 0 Å². The lowest BCUT2D eigenvalue weighted by atomic mass is 9.96. The molecule has 0 aliphatic heterocycles. The average molecular weight is 668 g/mol. The van der Waals surface area contributed by atoms with Gasteiger partial charge in [0.2, 0.25) is 0 Å². The fourth-order valence-electron chi connectivity index (χ4n) is 7.93. The van der Waals surface area contributed by atoms with E-state index < -0.39 is 0 Å². The molecule has 0 fully saturated rings. The minimum atomic E-state index is 0.835. The Balaban J connectivity index is 1.07.